The van der Waals surface area contributed by atoms with Crippen molar-refractivity contribution in [3.8, 4) is 0 Å². The Morgan fingerprint density at radius 2 is 1.61 bits per heavy atom. The molecule has 0 bridgehead atoms. The molecule has 0 amide bonds. The Hall–Kier alpha value is -1.32. The largest absolute Gasteiger partial charge is 0.466 e. The van der Waals surface area contributed by atoms with Crippen LogP contribution < -0.4 is 0 Å². The summed E-state index contributed by atoms with van der Waals surface area (Å²) < 4.78 is 9.64. The van der Waals surface area contributed by atoms with Crippen LogP contribution in [0, 0.1) is 5.92 Å². The van der Waals surface area contributed by atoms with Gasteiger partial charge in [0.25, 0.3) is 0 Å². The lowest BCUT2D eigenvalue weighted by Gasteiger charge is -2.17. The first kappa shape index (κ1) is 14.7. The van der Waals surface area contributed by atoms with Gasteiger partial charge in [0.05, 0.1) is 19.8 Å². The van der Waals surface area contributed by atoms with Crippen molar-refractivity contribution in [3.05, 3.63) is 11.1 Å². The molecule has 102 valence electrons. The number of rotatable bonds is 5. The molecule has 0 aromatic rings. The fraction of sp³-hybridized carbons (Fsp3) is 0.714. The predicted molar refractivity (Wildman–Crippen MR) is 67.9 cm³/mol. The number of hydrogen-bond acceptors (Lipinski definition) is 4. The zero-order chi connectivity index (χ0) is 13.5. The van der Waals surface area contributed by atoms with Gasteiger partial charge in [0.2, 0.25) is 0 Å². The van der Waals surface area contributed by atoms with Crippen molar-refractivity contribution in [2.24, 2.45) is 5.92 Å². The van der Waals surface area contributed by atoms with Crippen LogP contribution in [0.4, 0.5) is 0 Å². The zero-order valence-electron chi connectivity index (χ0n) is 11.5. The van der Waals surface area contributed by atoms with Crippen LogP contribution in [0.3, 0.4) is 0 Å². The predicted octanol–water partition coefficient (Wildman–Crippen LogP) is 2.62. The monoisotopic (exact) mass is 254 g/mol. The van der Waals surface area contributed by atoms with Crippen LogP contribution in [0.5, 0.6) is 0 Å². The Morgan fingerprint density at radius 1 is 1.06 bits per heavy atom. The molecule has 1 aliphatic rings. The van der Waals surface area contributed by atoms with Crippen LogP contribution in [-0.2, 0) is 19.1 Å². The molecule has 4 heteroatoms. The molecular formula is C14H22O4. The first-order chi connectivity index (χ1) is 8.65. The average Bonchev–Trinajstić information content (AvgIpc) is 2.90. The summed E-state index contributed by atoms with van der Waals surface area (Å²) in [6.07, 6.45) is 5.48. The molecule has 0 atom stereocenters. The number of methoxy groups -OCH3 is 2. The molecule has 0 unspecified atom stereocenters. The molecule has 1 rings (SSSR count). The van der Waals surface area contributed by atoms with Gasteiger partial charge in [-0.3, -0.25) is 0 Å². The minimum atomic E-state index is -0.399. The minimum Gasteiger partial charge on any atom is -0.466 e. The summed E-state index contributed by atoms with van der Waals surface area (Å²) in [6.45, 7) is 1.98. The van der Waals surface area contributed by atoms with Gasteiger partial charge in [0, 0.05) is 5.57 Å². The maximum atomic E-state index is 11.9. The summed E-state index contributed by atoms with van der Waals surface area (Å²) in [5, 5.41) is 0. The van der Waals surface area contributed by atoms with Crippen molar-refractivity contribution < 1.29 is 19.1 Å². The minimum absolute atomic E-state index is 0.151. The van der Waals surface area contributed by atoms with Gasteiger partial charge in [-0.15, -0.1) is 0 Å². The molecule has 18 heavy (non-hydrogen) atoms. The summed E-state index contributed by atoms with van der Waals surface area (Å²) >= 11 is 0. The molecule has 0 N–H and O–H groups in total. The summed E-state index contributed by atoms with van der Waals surface area (Å²) in [5.74, 6) is -0.627. The molecule has 0 spiro atoms. The fourth-order valence-corrected chi connectivity index (χ4v) is 2.58. The van der Waals surface area contributed by atoms with E-state index >= 15 is 0 Å². The van der Waals surface area contributed by atoms with E-state index in [-0.39, 0.29) is 11.9 Å². The summed E-state index contributed by atoms with van der Waals surface area (Å²) in [5.41, 5.74) is 1.04. The van der Waals surface area contributed by atoms with E-state index in [0.717, 1.165) is 32.1 Å². The molecule has 0 aromatic carbocycles. The van der Waals surface area contributed by atoms with E-state index in [0.29, 0.717) is 17.6 Å². The van der Waals surface area contributed by atoms with E-state index in [2.05, 4.69) is 0 Å². The van der Waals surface area contributed by atoms with Crippen LogP contribution >= 0.6 is 0 Å². The van der Waals surface area contributed by atoms with E-state index in [1.165, 1.54) is 14.2 Å². The maximum absolute atomic E-state index is 11.9. The lowest BCUT2D eigenvalue weighted by molar-refractivity contribution is -0.140. The Kier molecular flexibility index (Phi) is 5.89. The second kappa shape index (κ2) is 7.19. The SMILES string of the molecule is CCC/C(C(=O)OC)=C(/C(=O)OC)C1CCCC1. The normalized spacial score (nSPS) is 17.3. The summed E-state index contributed by atoms with van der Waals surface area (Å²) in [7, 11) is 2.71. The van der Waals surface area contributed by atoms with Crippen LogP contribution in [0.25, 0.3) is 0 Å². The molecule has 0 radical (unpaired) electrons. The summed E-state index contributed by atoms with van der Waals surface area (Å²) in [4.78, 5) is 23.8. The second-order valence-corrected chi connectivity index (χ2v) is 4.61. The van der Waals surface area contributed by atoms with E-state index in [9.17, 15) is 9.59 Å². The van der Waals surface area contributed by atoms with E-state index in [4.69, 9.17) is 9.47 Å². The molecular weight excluding hydrogens is 232 g/mol. The first-order valence-electron chi connectivity index (χ1n) is 6.55. The third-order valence-corrected chi connectivity index (χ3v) is 3.43. The third-order valence-electron chi connectivity index (χ3n) is 3.43. The summed E-state index contributed by atoms with van der Waals surface area (Å²) in [6, 6.07) is 0. The molecule has 0 aliphatic heterocycles. The topological polar surface area (TPSA) is 52.6 Å². The Balaban J connectivity index is 3.15. The first-order valence-corrected chi connectivity index (χ1v) is 6.55. The van der Waals surface area contributed by atoms with Crippen molar-refractivity contribution in [1.29, 1.82) is 0 Å². The highest BCUT2D eigenvalue weighted by Crippen LogP contribution is 2.34. The van der Waals surface area contributed by atoms with Gasteiger partial charge in [-0.2, -0.15) is 0 Å². The Bertz CT molecular complexity index is 338. The zero-order valence-corrected chi connectivity index (χ0v) is 11.5. The highest BCUT2D eigenvalue weighted by Gasteiger charge is 2.30. The van der Waals surface area contributed by atoms with Crippen molar-refractivity contribution >= 4 is 11.9 Å². The number of ether oxygens (including phenoxy) is 2. The van der Waals surface area contributed by atoms with Gasteiger partial charge in [-0.05, 0) is 25.2 Å². The van der Waals surface area contributed by atoms with Crippen LogP contribution in [-0.4, -0.2) is 26.2 Å². The van der Waals surface area contributed by atoms with Gasteiger partial charge in [0.15, 0.2) is 0 Å². The van der Waals surface area contributed by atoms with Crippen molar-refractivity contribution in [2.75, 3.05) is 14.2 Å². The van der Waals surface area contributed by atoms with Crippen LogP contribution in [0.1, 0.15) is 45.4 Å². The number of esters is 2. The Morgan fingerprint density at radius 3 is 2.06 bits per heavy atom. The van der Waals surface area contributed by atoms with E-state index in [1.54, 1.807) is 0 Å². The fourth-order valence-electron chi connectivity index (χ4n) is 2.58. The Labute approximate surface area is 108 Å². The lowest BCUT2D eigenvalue weighted by atomic mass is 9.90. The van der Waals surface area contributed by atoms with Crippen LogP contribution in [0.2, 0.25) is 0 Å². The van der Waals surface area contributed by atoms with Crippen LogP contribution in [0.15, 0.2) is 11.1 Å². The molecule has 1 saturated carbocycles. The van der Waals surface area contributed by atoms with Gasteiger partial charge in [-0.25, -0.2) is 9.59 Å². The van der Waals surface area contributed by atoms with E-state index in [1.807, 2.05) is 6.92 Å². The third kappa shape index (κ3) is 3.34. The smallest absolute Gasteiger partial charge is 0.334 e. The molecule has 0 aromatic heterocycles. The number of carbonyl (C=O) groups excluding carboxylic acids is 2. The molecule has 4 nitrogen and oxygen atoms in total. The highest BCUT2D eigenvalue weighted by atomic mass is 16.5. The average molecular weight is 254 g/mol. The highest BCUT2D eigenvalue weighted by molar-refractivity contribution is 6.00. The second-order valence-electron chi connectivity index (χ2n) is 4.61. The number of hydrogen-bond donors (Lipinski definition) is 0. The lowest BCUT2D eigenvalue weighted by Crippen LogP contribution is -2.19. The van der Waals surface area contributed by atoms with E-state index < -0.39 is 5.97 Å². The van der Waals surface area contributed by atoms with Gasteiger partial charge >= 0.3 is 11.9 Å². The maximum Gasteiger partial charge on any atom is 0.334 e. The van der Waals surface area contributed by atoms with Gasteiger partial charge in [-0.1, -0.05) is 26.2 Å². The molecule has 1 aliphatic carbocycles. The van der Waals surface area contributed by atoms with Gasteiger partial charge < -0.3 is 9.47 Å². The molecule has 1 fully saturated rings. The quantitative estimate of drug-likeness (QED) is 0.559. The van der Waals surface area contributed by atoms with Crippen molar-refractivity contribution in [1.82, 2.24) is 0 Å². The molecule has 0 saturated heterocycles. The molecule has 0 heterocycles. The standard InChI is InChI=1S/C14H22O4/c1-4-7-11(13(15)17-2)12(14(16)18-3)10-8-5-6-9-10/h10H,4-9H2,1-3H3/b12-11-. The van der Waals surface area contributed by atoms with Crippen molar-refractivity contribution in [2.45, 2.75) is 45.4 Å². The number of carbonyl (C=O) groups is 2. The van der Waals surface area contributed by atoms with Crippen molar-refractivity contribution in [3.63, 3.8) is 0 Å². The van der Waals surface area contributed by atoms with Gasteiger partial charge in [0.1, 0.15) is 0 Å².